The number of hydrogen-bond acceptors (Lipinski definition) is 4. The lowest BCUT2D eigenvalue weighted by Crippen LogP contribution is -2.34. The van der Waals surface area contributed by atoms with E-state index in [2.05, 4.69) is 32.2 Å². The van der Waals surface area contributed by atoms with Crippen LogP contribution in [0.25, 0.3) is 10.6 Å². The quantitative estimate of drug-likeness (QED) is 0.711. The zero-order valence-electron chi connectivity index (χ0n) is 14.1. The van der Waals surface area contributed by atoms with Crippen molar-refractivity contribution >= 4 is 17.2 Å². The highest BCUT2D eigenvalue weighted by Gasteiger charge is 2.46. The molecule has 1 atom stereocenters. The molecule has 2 aliphatic heterocycles. The Hall–Kier alpha value is -2.41. The summed E-state index contributed by atoms with van der Waals surface area (Å²) in [6, 6.07) is 6.02. The summed E-state index contributed by atoms with van der Waals surface area (Å²) in [5.41, 5.74) is 1.99. The van der Waals surface area contributed by atoms with Gasteiger partial charge in [-0.15, -0.1) is 11.3 Å². The maximum Gasteiger partial charge on any atom is 0.272 e. The predicted molar refractivity (Wildman–Crippen MR) is 95.4 cm³/mol. The van der Waals surface area contributed by atoms with Crippen LogP contribution in [0.15, 0.2) is 36.0 Å². The van der Waals surface area contributed by atoms with Crippen molar-refractivity contribution in [2.24, 2.45) is 12.5 Å². The second-order valence-corrected chi connectivity index (χ2v) is 8.06. The van der Waals surface area contributed by atoms with Crippen molar-refractivity contribution in [3.05, 3.63) is 47.5 Å². The maximum atomic E-state index is 12.8. The van der Waals surface area contributed by atoms with E-state index in [1.807, 2.05) is 18.1 Å². The van der Waals surface area contributed by atoms with Crippen LogP contribution in [-0.2, 0) is 20.0 Å². The summed E-state index contributed by atoms with van der Waals surface area (Å²) in [7, 11) is 1.82. The number of thiophene rings is 1. The number of aryl methyl sites for hydroxylation is 1. The van der Waals surface area contributed by atoms with Crippen LogP contribution < -0.4 is 0 Å². The Morgan fingerprint density at radius 2 is 2.24 bits per heavy atom. The normalized spacial score (nSPS) is 22.0. The summed E-state index contributed by atoms with van der Waals surface area (Å²) in [6.07, 6.45) is 5.65. The number of carbonyl (C=O) groups excluding carboxylic acids is 1. The van der Waals surface area contributed by atoms with Crippen molar-refractivity contribution in [1.29, 1.82) is 0 Å². The van der Waals surface area contributed by atoms with E-state index in [9.17, 15) is 4.79 Å². The Balaban J connectivity index is 1.38. The first-order valence-electron chi connectivity index (χ1n) is 8.51. The van der Waals surface area contributed by atoms with Gasteiger partial charge < -0.3 is 9.47 Å². The SMILES string of the molecule is Cn1nccc1C(=O)N1CCC2(Cc3ncc(-c4cccs4)n3C2)C1. The van der Waals surface area contributed by atoms with E-state index >= 15 is 0 Å². The van der Waals surface area contributed by atoms with Gasteiger partial charge in [-0.3, -0.25) is 9.48 Å². The Morgan fingerprint density at radius 3 is 3.00 bits per heavy atom. The summed E-state index contributed by atoms with van der Waals surface area (Å²) in [5, 5.41) is 6.22. The fourth-order valence-electron chi connectivity index (χ4n) is 4.21. The van der Waals surface area contributed by atoms with E-state index in [0.717, 1.165) is 38.3 Å². The smallest absolute Gasteiger partial charge is 0.272 e. The Morgan fingerprint density at radius 1 is 1.32 bits per heavy atom. The molecule has 5 heterocycles. The number of rotatable bonds is 2. The molecular formula is C18H19N5OS. The van der Waals surface area contributed by atoms with Gasteiger partial charge in [-0.1, -0.05) is 6.07 Å². The van der Waals surface area contributed by atoms with E-state index in [4.69, 9.17) is 0 Å². The van der Waals surface area contributed by atoms with Crippen LogP contribution in [0.5, 0.6) is 0 Å². The summed E-state index contributed by atoms with van der Waals surface area (Å²) in [6.45, 7) is 2.55. The van der Waals surface area contributed by atoms with E-state index in [1.165, 1.54) is 10.6 Å². The van der Waals surface area contributed by atoms with E-state index < -0.39 is 0 Å². The molecule has 7 heteroatoms. The summed E-state index contributed by atoms with van der Waals surface area (Å²) < 4.78 is 4.01. The molecule has 0 N–H and O–H groups in total. The zero-order valence-corrected chi connectivity index (χ0v) is 14.9. The largest absolute Gasteiger partial charge is 0.337 e. The van der Waals surface area contributed by atoms with Gasteiger partial charge in [-0.25, -0.2) is 4.98 Å². The number of aromatic nitrogens is 4. The van der Waals surface area contributed by atoms with Gasteiger partial charge in [-0.2, -0.15) is 5.10 Å². The Labute approximate surface area is 149 Å². The first kappa shape index (κ1) is 14.9. The van der Waals surface area contributed by atoms with E-state index in [-0.39, 0.29) is 11.3 Å². The van der Waals surface area contributed by atoms with E-state index in [0.29, 0.717) is 5.69 Å². The van der Waals surface area contributed by atoms with Crippen LogP contribution >= 0.6 is 11.3 Å². The lowest BCUT2D eigenvalue weighted by atomic mass is 9.86. The van der Waals surface area contributed by atoms with Gasteiger partial charge >= 0.3 is 0 Å². The molecule has 1 saturated heterocycles. The summed E-state index contributed by atoms with van der Waals surface area (Å²) >= 11 is 1.75. The van der Waals surface area contributed by atoms with Gasteiger partial charge in [0.15, 0.2) is 0 Å². The molecule has 0 aliphatic carbocycles. The average Bonchev–Trinajstić information content (AvgIpc) is 3.36. The molecule has 1 unspecified atom stereocenters. The van der Waals surface area contributed by atoms with Crippen molar-refractivity contribution in [3.63, 3.8) is 0 Å². The fourth-order valence-corrected chi connectivity index (χ4v) is 4.95. The fraction of sp³-hybridized carbons (Fsp3) is 0.389. The molecule has 0 saturated carbocycles. The van der Waals surface area contributed by atoms with Crippen molar-refractivity contribution < 1.29 is 4.79 Å². The van der Waals surface area contributed by atoms with Crippen LogP contribution in [0, 0.1) is 5.41 Å². The highest BCUT2D eigenvalue weighted by Crippen LogP contribution is 2.43. The molecule has 5 rings (SSSR count). The van der Waals surface area contributed by atoms with Gasteiger partial charge in [0.25, 0.3) is 5.91 Å². The summed E-state index contributed by atoms with van der Waals surface area (Å²) in [5.74, 6) is 1.23. The van der Waals surface area contributed by atoms with Gasteiger partial charge in [0, 0.05) is 44.7 Å². The molecular weight excluding hydrogens is 334 g/mol. The van der Waals surface area contributed by atoms with Crippen LogP contribution in [0.3, 0.4) is 0 Å². The number of fused-ring (bicyclic) bond motifs is 1. The lowest BCUT2D eigenvalue weighted by Gasteiger charge is -2.23. The Kier molecular flexibility index (Phi) is 3.15. The summed E-state index contributed by atoms with van der Waals surface area (Å²) in [4.78, 5) is 20.7. The van der Waals surface area contributed by atoms with Crippen LogP contribution in [0.4, 0.5) is 0 Å². The topological polar surface area (TPSA) is 56.0 Å². The number of likely N-dealkylation sites (tertiary alicyclic amines) is 1. The number of nitrogens with zero attached hydrogens (tertiary/aromatic N) is 5. The van der Waals surface area contributed by atoms with Gasteiger partial charge in [0.2, 0.25) is 0 Å². The third-order valence-corrected chi connectivity index (χ3v) is 6.40. The average molecular weight is 353 g/mol. The molecule has 1 spiro atoms. The lowest BCUT2D eigenvalue weighted by molar-refractivity contribution is 0.0761. The molecule has 0 aromatic carbocycles. The highest BCUT2D eigenvalue weighted by atomic mass is 32.1. The third kappa shape index (κ3) is 2.26. The monoisotopic (exact) mass is 353 g/mol. The number of amides is 1. The second-order valence-electron chi connectivity index (χ2n) is 7.12. The third-order valence-electron chi connectivity index (χ3n) is 5.50. The van der Waals surface area contributed by atoms with Gasteiger partial charge in [-0.05, 0) is 23.9 Å². The van der Waals surface area contributed by atoms with Crippen molar-refractivity contribution in [3.8, 4) is 10.6 Å². The molecule has 0 bridgehead atoms. The molecule has 2 aliphatic rings. The maximum absolute atomic E-state index is 12.8. The number of imidazole rings is 1. The molecule has 3 aromatic rings. The number of hydrogen-bond donors (Lipinski definition) is 0. The second kappa shape index (κ2) is 5.29. The molecule has 3 aromatic heterocycles. The first-order chi connectivity index (χ1) is 12.2. The highest BCUT2D eigenvalue weighted by molar-refractivity contribution is 7.13. The van der Waals surface area contributed by atoms with Crippen LogP contribution in [0.2, 0.25) is 0 Å². The minimum atomic E-state index is 0.0832. The Bertz CT molecular complexity index is 941. The van der Waals surface area contributed by atoms with Crippen LogP contribution in [0.1, 0.15) is 22.7 Å². The first-order valence-corrected chi connectivity index (χ1v) is 9.39. The van der Waals surface area contributed by atoms with Crippen molar-refractivity contribution in [1.82, 2.24) is 24.2 Å². The van der Waals surface area contributed by atoms with Crippen molar-refractivity contribution in [2.75, 3.05) is 13.1 Å². The minimum absolute atomic E-state index is 0.0832. The number of carbonyl (C=O) groups is 1. The molecule has 1 fully saturated rings. The molecule has 128 valence electrons. The van der Waals surface area contributed by atoms with E-state index in [1.54, 1.807) is 28.3 Å². The molecule has 1 amide bonds. The molecule has 6 nitrogen and oxygen atoms in total. The van der Waals surface area contributed by atoms with Crippen LogP contribution in [-0.4, -0.2) is 43.2 Å². The molecule has 25 heavy (non-hydrogen) atoms. The van der Waals surface area contributed by atoms with Gasteiger partial charge in [0.05, 0.1) is 16.8 Å². The van der Waals surface area contributed by atoms with Gasteiger partial charge in [0.1, 0.15) is 11.5 Å². The predicted octanol–water partition coefficient (Wildman–Crippen LogP) is 2.43. The minimum Gasteiger partial charge on any atom is -0.337 e. The standard InChI is InChI=1S/C18H19N5OS/c1-21-13(4-6-20-21)17(24)22-7-5-18(11-22)9-16-19-10-14(23(16)12-18)15-3-2-8-25-15/h2-4,6,8,10H,5,7,9,11-12H2,1H3. The molecule has 0 radical (unpaired) electrons. The van der Waals surface area contributed by atoms with Crippen molar-refractivity contribution in [2.45, 2.75) is 19.4 Å². The zero-order chi connectivity index (χ0) is 17.0.